The van der Waals surface area contributed by atoms with E-state index in [0.29, 0.717) is 41.0 Å². The molecular weight excluding hydrogens is 378 g/mol. The lowest BCUT2D eigenvalue weighted by Crippen LogP contribution is -2.05. The number of benzene rings is 1. The predicted octanol–water partition coefficient (Wildman–Crippen LogP) is 4.25. The van der Waals surface area contributed by atoms with Crippen molar-refractivity contribution in [1.82, 2.24) is 24.5 Å². The fraction of sp³-hybridized carbons (Fsp3) is 0.200. The maximum atomic E-state index is 6.13. The molecule has 0 N–H and O–H groups in total. The minimum Gasteiger partial charge on any atom is -0.495 e. The molecule has 8 heteroatoms. The molecule has 3 heterocycles. The van der Waals surface area contributed by atoms with Crippen LogP contribution in [0.5, 0.6) is 11.6 Å². The van der Waals surface area contributed by atoms with Crippen LogP contribution in [0, 0.1) is 6.92 Å². The summed E-state index contributed by atoms with van der Waals surface area (Å²) in [4.78, 5) is 18.1. The number of hydrogen-bond acceptors (Lipinski definition) is 6. The zero-order chi connectivity index (χ0) is 19.7. The van der Waals surface area contributed by atoms with Gasteiger partial charge in [-0.1, -0.05) is 29.8 Å². The molecule has 28 heavy (non-hydrogen) atoms. The van der Waals surface area contributed by atoms with Crippen molar-refractivity contribution in [3.05, 3.63) is 53.3 Å². The summed E-state index contributed by atoms with van der Waals surface area (Å²) in [5, 5.41) is 0.281. The van der Waals surface area contributed by atoms with Gasteiger partial charge in [0.25, 0.3) is 0 Å². The zero-order valence-corrected chi connectivity index (χ0v) is 16.4. The highest BCUT2D eigenvalue weighted by Crippen LogP contribution is 2.34. The summed E-state index contributed by atoms with van der Waals surface area (Å²) in [5.41, 5.74) is 3.42. The van der Waals surface area contributed by atoms with Crippen LogP contribution < -0.4 is 9.47 Å². The van der Waals surface area contributed by atoms with Gasteiger partial charge in [0.2, 0.25) is 5.88 Å². The van der Waals surface area contributed by atoms with Crippen LogP contribution in [0.4, 0.5) is 0 Å². The van der Waals surface area contributed by atoms with Gasteiger partial charge in [0, 0.05) is 6.07 Å². The van der Waals surface area contributed by atoms with E-state index in [9.17, 15) is 0 Å². The highest BCUT2D eigenvalue weighted by atomic mass is 35.5. The van der Waals surface area contributed by atoms with Crippen molar-refractivity contribution < 1.29 is 9.47 Å². The van der Waals surface area contributed by atoms with Gasteiger partial charge in [-0.15, -0.1) is 0 Å². The van der Waals surface area contributed by atoms with E-state index in [2.05, 4.69) is 19.9 Å². The number of aromatic nitrogens is 5. The van der Waals surface area contributed by atoms with Crippen LogP contribution in [-0.2, 0) is 0 Å². The molecule has 0 atom stereocenters. The van der Waals surface area contributed by atoms with Gasteiger partial charge in [-0.05, 0) is 31.5 Å². The van der Waals surface area contributed by atoms with E-state index in [1.165, 1.54) is 6.20 Å². The summed E-state index contributed by atoms with van der Waals surface area (Å²) in [7, 11) is 1.63. The number of hydrogen-bond donors (Lipinski definition) is 0. The van der Waals surface area contributed by atoms with Gasteiger partial charge in [0.05, 0.1) is 25.6 Å². The topological polar surface area (TPSA) is 75.0 Å². The van der Waals surface area contributed by atoms with Crippen LogP contribution in [0.2, 0.25) is 5.15 Å². The third-order valence-corrected chi connectivity index (χ3v) is 4.41. The first-order valence-corrected chi connectivity index (χ1v) is 9.15. The van der Waals surface area contributed by atoms with Crippen LogP contribution in [0.1, 0.15) is 12.5 Å². The van der Waals surface area contributed by atoms with Crippen LogP contribution in [0.3, 0.4) is 0 Å². The average molecular weight is 396 g/mol. The smallest absolute Gasteiger partial charge is 0.213 e. The summed E-state index contributed by atoms with van der Waals surface area (Å²) in [6.45, 7) is 4.43. The molecule has 0 amide bonds. The molecule has 0 saturated carbocycles. The van der Waals surface area contributed by atoms with E-state index in [0.717, 1.165) is 11.3 Å². The molecule has 4 aromatic rings. The number of methoxy groups -OCH3 is 1. The summed E-state index contributed by atoms with van der Waals surface area (Å²) >= 11 is 6.13. The molecule has 0 saturated heterocycles. The number of pyridine rings is 1. The first kappa shape index (κ1) is 18.2. The number of ether oxygens (including phenoxy) is 2. The largest absolute Gasteiger partial charge is 0.495 e. The Kier molecular flexibility index (Phi) is 4.83. The fourth-order valence-corrected chi connectivity index (χ4v) is 3.20. The summed E-state index contributed by atoms with van der Waals surface area (Å²) < 4.78 is 13.0. The van der Waals surface area contributed by atoms with Gasteiger partial charge in [-0.2, -0.15) is 0 Å². The molecule has 7 nitrogen and oxygen atoms in total. The number of halogens is 1. The summed E-state index contributed by atoms with van der Waals surface area (Å²) in [6, 6.07) is 11.4. The lowest BCUT2D eigenvalue weighted by atomic mass is 10.1. The Labute approximate surface area is 167 Å². The second-order valence-corrected chi connectivity index (χ2v) is 6.42. The molecule has 0 aliphatic heterocycles. The Morgan fingerprint density at radius 3 is 2.68 bits per heavy atom. The SMILES string of the molecule is CCOc1cccc(-c2nc3ncc(Cl)nc3n2-c2c(C)cccc2OC)n1. The second kappa shape index (κ2) is 7.44. The van der Waals surface area contributed by atoms with Crippen molar-refractivity contribution in [2.45, 2.75) is 13.8 Å². The fourth-order valence-electron chi connectivity index (χ4n) is 3.07. The Bertz CT molecular complexity index is 1160. The van der Waals surface area contributed by atoms with E-state index in [1.807, 2.05) is 54.8 Å². The van der Waals surface area contributed by atoms with E-state index in [1.54, 1.807) is 7.11 Å². The molecule has 0 aliphatic carbocycles. The standard InChI is InChI=1S/C20H18ClN5O2/c1-4-28-16-10-6-8-13(23-16)19-25-18-20(24-15(21)11-22-18)26(19)17-12(2)7-5-9-14(17)27-3/h5-11H,4H2,1-3H3. The van der Waals surface area contributed by atoms with Crippen molar-refractivity contribution in [1.29, 1.82) is 0 Å². The van der Waals surface area contributed by atoms with Crippen LogP contribution in [-0.4, -0.2) is 38.2 Å². The number of fused-ring (bicyclic) bond motifs is 1. The average Bonchev–Trinajstić information content (AvgIpc) is 3.06. The third-order valence-electron chi connectivity index (χ3n) is 4.23. The molecule has 0 unspecified atom stereocenters. The van der Waals surface area contributed by atoms with Gasteiger partial charge >= 0.3 is 0 Å². The molecule has 4 rings (SSSR count). The van der Waals surface area contributed by atoms with E-state index >= 15 is 0 Å². The van der Waals surface area contributed by atoms with Crippen LogP contribution in [0.15, 0.2) is 42.6 Å². The minimum atomic E-state index is 0.281. The molecule has 0 fully saturated rings. The molecule has 3 aromatic heterocycles. The third kappa shape index (κ3) is 3.14. The normalized spacial score (nSPS) is 11.0. The van der Waals surface area contributed by atoms with Crippen molar-refractivity contribution in [3.8, 4) is 28.8 Å². The summed E-state index contributed by atoms with van der Waals surface area (Å²) in [5.74, 6) is 1.78. The van der Waals surface area contributed by atoms with Gasteiger partial charge in [-0.25, -0.2) is 19.9 Å². The van der Waals surface area contributed by atoms with Gasteiger partial charge in [0.15, 0.2) is 17.1 Å². The molecule has 1 aromatic carbocycles. The second-order valence-electron chi connectivity index (χ2n) is 6.03. The van der Waals surface area contributed by atoms with Crippen molar-refractivity contribution in [3.63, 3.8) is 0 Å². The van der Waals surface area contributed by atoms with Crippen LogP contribution in [0.25, 0.3) is 28.5 Å². The maximum Gasteiger partial charge on any atom is 0.213 e. The van der Waals surface area contributed by atoms with Gasteiger partial charge < -0.3 is 9.47 Å². The molecule has 0 radical (unpaired) electrons. The number of para-hydroxylation sites is 1. The Morgan fingerprint density at radius 1 is 1.07 bits per heavy atom. The first-order chi connectivity index (χ1) is 13.6. The van der Waals surface area contributed by atoms with Crippen molar-refractivity contribution >= 4 is 22.9 Å². The Morgan fingerprint density at radius 2 is 1.89 bits per heavy atom. The first-order valence-electron chi connectivity index (χ1n) is 8.77. The zero-order valence-electron chi connectivity index (χ0n) is 15.7. The van der Waals surface area contributed by atoms with Gasteiger partial charge in [0.1, 0.15) is 16.6 Å². The monoisotopic (exact) mass is 395 g/mol. The predicted molar refractivity (Wildman–Crippen MR) is 107 cm³/mol. The Balaban J connectivity index is 2.06. The lowest BCUT2D eigenvalue weighted by molar-refractivity contribution is 0.327. The number of imidazole rings is 1. The maximum absolute atomic E-state index is 6.13. The van der Waals surface area contributed by atoms with E-state index in [4.69, 9.17) is 21.1 Å². The van der Waals surface area contributed by atoms with Crippen molar-refractivity contribution in [2.24, 2.45) is 0 Å². The highest BCUT2D eigenvalue weighted by molar-refractivity contribution is 6.29. The molecule has 0 aliphatic rings. The number of nitrogens with zero attached hydrogens (tertiary/aromatic N) is 5. The van der Waals surface area contributed by atoms with E-state index in [-0.39, 0.29) is 5.15 Å². The Hall–Kier alpha value is -3.19. The molecule has 142 valence electrons. The van der Waals surface area contributed by atoms with Crippen molar-refractivity contribution in [2.75, 3.05) is 13.7 Å². The van der Waals surface area contributed by atoms with Gasteiger partial charge in [-0.3, -0.25) is 4.57 Å². The van der Waals surface area contributed by atoms with Crippen LogP contribution >= 0.6 is 11.6 Å². The molecule has 0 spiro atoms. The number of rotatable bonds is 5. The highest BCUT2D eigenvalue weighted by Gasteiger charge is 2.22. The minimum absolute atomic E-state index is 0.281. The molecular formula is C20H18ClN5O2. The number of aryl methyl sites for hydroxylation is 1. The molecule has 0 bridgehead atoms. The van der Waals surface area contributed by atoms with E-state index < -0.39 is 0 Å². The lowest BCUT2D eigenvalue weighted by Gasteiger charge is -2.15. The summed E-state index contributed by atoms with van der Waals surface area (Å²) in [6.07, 6.45) is 1.48. The quantitative estimate of drug-likeness (QED) is 0.503.